The van der Waals surface area contributed by atoms with Gasteiger partial charge < -0.3 is 9.84 Å². The fourth-order valence-electron chi connectivity index (χ4n) is 1.30. The van der Waals surface area contributed by atoms with Crippen LogP contribution in [0.3, 0.4) is 0 Å². The average molecular weight is 251 g/mol. The first-order valence-corrected chi connectivity index (χ1v) is 5.67. The first-order valence-electron chi connectivity index (χ1n) is 5.67. The molecule has 18 heavy (non-hydrogen) atoms. The minimum Gasteiger partial charge on any atom is -0.465 e. The zero-order chi connectivity index (χ0) is 13.4. The van der Waals surface area contributed by atoms with Gasteiger partial charge in [-0.25, -0.2) is 4.79 Å². The maximum Gasteiger partial charge on any atom is 0.337 e. The molecular formula is C12H17N3O3. The van der Waals surface area contributed by atoms with Crippen LogP contribution in [-0.4, -0.2) is 36.5 Å². The highest BCUT2D eigenvalue weighted by atomic mass is 16.5. The Labute approximate surface area is 106 Å². The van der Waals surface area contributed by atoms with Crippen LogP contribution in [0.5, 0.6) is 0 Å². The largest absolute Gasteiger partial charge is 0.465 e. The molecule has 0 saturated carbocycles. The molecule has 0 saturated heterocycles. The molecule has 6 heteroatoms. The highest BCUT2D eigenvalue weighted by Gasteiger charge is 2.04. The summed E-state index contributed by atoms with van der Waals surface area (Å²) in [5.74, 6) is -0.388. The van der Waals surface area contributed by atoms with Gasteiger partial charge in [0.2, 0.25) is 0 Å². The second-order valence-corrected chi connectivity index (χ2v) is 3.60. The van der Waals surface area contributed by atoms with E-state index in [-0.39, 0.29) is 12.7 Å². The van der Waals surface area contributed by atoms with E-state index < -0.39 is 0 Å². The molecule has 0 aromatic heterocycles. The van der Waals surface area contributed by atoms with Crippen LogP contribution in [-0.2, 0) is 4.74 Å². The molecule has 0 heterocycles. The lowest BCUT2D eigenvalue weighted by Crippen LogP contribution is -2.18. The van der Waals surface area contributed by atoms with Gasteiger partial charge in [-0.2, -0.15) is 0 Å². The quantitative estimate of drug-likeness (QED) is 0.364. The number of benzene rings is 1. The number of carbonyl (C=O) groups is 1. The van der Waals surface area contributed by atoms with Gasteiger partial charge in [0.15, 0.2) is 0 Å². The molecule has 98 valence electrons. The Kier molecular flexibility index (Phi) is 5.79. The van der Waals surface area contributed by atoms with Gasteiger partial charge in [0.05, 0.1) is 18.4 Å². The van der Waals surface area contributed by atoms with Crippen molar-refractivity contribution in [3.8, 4) is 0 Å². The Bertz CT molecular complexity index is 404. The standard InChI is InChI=1S/C12H17N3O3/c1-3-8-15(9-16)14-13-11-6-4-10(5-7-11)12(17)18-2/h4-7,16H,3,8-9H2,1-2H3. The summed E-state index contributed by atoms with van der Waals surface area (Å²) in [6.45, 7) is 2.46. The molecule has 0 unspecified atom stereocenters. The first-order chi connectivity index (χ1) is 8.71. The summed E-state index contributed by atoms with van der Waals surface area (Å²) in [5, 5.41) is 18.3. The van der Waals surface area contributed by atoms with Gasteiger partial charge in [-0.3, -0.25) is 5.01 Å². The summed E-state index contributed by atoms with van der Waals surface area (Å²) in [7, 11) is 1.33. The van der Waals surface area contributed by atoms with Crippen molar-refractivity contribution >= 4 is 11.7 Å². The number of carbonyl (C=O) groups excluding carboxylic acids is 1. The number of nitrogens with zero attached hydrogens (tertiary/aromatic N) is 3. The van der Waals surface area contributed by atoms with E-state index >= 15 is 0 Å². The lowest BCUT2D eigenvalue weighted by atomic mass is 10.2. The van der Waals surface area contributed by atoms with Crippen molar-refractivity contribution in [2.45, 2.75) is 13.3 Å². The molecule has 0 aliphatic heterocycles. The molecule has 0 atom stereocenters. The van der Waals surface area contributed by atoms with E-state index in [0.29, 0.717) is 17.8 Å². The van der Waals surface area contributed by atoms with Gasteiger partial charge in [0.25, 0.3) is 0 Å². The summed E-state index contributed by atoms with van der Waals surface area (Å²) in [6, 6.07) is 6.56. The van der Waals surface area contributed by atoms with Crippen LogP contribution in [0.15, 0.2) is 34.6 Å². The SMILES string of the molecule is CCCN(CO)N=Nc1ccc(C(=O)OC)cc1. The second kappa shape index (κ2) is 7.39. The minimum atomic E-state index is -0.388. The van der Waals surface area contributed by atoms with Crippen molar-refractivity contribution in [1.29, 1.82) is 0 Å². The predicted molar refractivity (Wildman–Crippen MR) is 66.4 cm³/mol. The molecule has 1 N–H and O–H groups in total. The Morgan fingerprint density at radius 1 is 1.39 bits per heavy atom. The fraction of sp³-hybridized carbons (Fsp3) is 0.417. The molecule has 0 amide bonds. The van der Waals surface area contributed by atoms with Crippen LogP contribution < -0.4 is 0 Å². The van der Waals surface area contributed by atoms with E-state index in [9.17, 15) is 4.79 Å². The van der Waals surface area contributed by atoms with Gasteiger partial charge in [-0.05, 0) is 30.7 Å². The molecule has 0 bridgehead atoms. The normalized spacial score (nSPS) is 10.6. The molecule has 0 aliphatic carbocycles. The minimum absolute atomic E-state index is 0.169. The van der Waals surface area contributed by atoms with Crippen molar-refractivity contribution in [1.82, 2.24) is 5.01 Å². The monoisotopic (exact) mass is 251 g/mol. The van der Waals surface area contributed by atoms with Gasteiger partial charge in [0.1, 0.15) is 6.73 Å². The summed E-state index contributed by atoms with van der Waals surface area (Å²) in [6.07, 6.45) is 0.876. The van der Waals surface area contributed by atoms with E-state index in [1.165, 1.54) is 12.1 Å². The number of hydrogen-bond acceptors (Lipinski definition) is 5. The second-order valence-electron chi connectivity index (χ2n) is 3.60. The maximum atomic E-state index is 11.2. The van der Waals surface area contributed by atoms with Crippen molar-refractivity contribution in [2.24, 2.45) is 10.3 Å². The van der Waals surface area contributed by atoms with Crippen LogP contribution in [0.25, 0.3) is 0 Å². The van der Waals surface area contributed by atoms with Crippen LogP contribution in [0.1, 0.15) is 23.7 Å². The first kappa shape index (κ1) is 14.1. The maximum absolute atomic E-state index is 11.2. The summed E-state index contributed by atoms with van der Waals surface area (Å²) < 4.78 is 4.59. The topological polar surface area (TPSA) is 74.5 Å². The van der Waals surface area contributed by atoms with Crippen molar-refractivity contribution in [2.75, 3.05) is 20.4 Å². The number of ether oxygens (including phenoxy) is 1. The third kappa shape index (κ3) is 4.14. The zero-order valence-electron chi connectivity index (χ0n) is 10.5. The number of esters is 1. The number of aliphatic hydroxyl groups is 1. The van der Waals surface area contributed by atoms with Crippen LogP contribution in [0.4, 0.5) is 5.69 Å². The average Bonchev–Trinajstić information content (AvgIpc) is 2.43. The van der Waals surface area contributed by atoms with E-state index in [1.54, 1.807) is 24.3 Å². The van der Waals surface area contributed by atoms with Crippen LogP contribution in [0, 0.1) is 0 Å². The zero-order valence-corrected chi connectivity index (χ0v) is 10.5. The van der Waals surface area contributed by atoms with Crippen LogP contribution in [0.2, 0.25) is 0 Å². The number of rotatable bonds is 6. The molecule has 6 nitrogen and oxygen atoms in total. The molecular weight excluding hydrogens is 234 g/mol. The highest BCUT2D eigenvalue weighted by Crippen LogP contribution is 2.14. The van der Waals surface area contributed by atoms with Crippen molar-refractivity contribution in [3.05, 3.63) is 29.8 Å². The molecule has 1 aromatic carbocycles. The molecule has 1 rings (SSSR count). The smallest absolute Gasteiger partial charge is 0.337 e. The molecule has 0 fully saturated rings. The van der Waals surface area contributed by atoms with Gasteiger partial charge in [0, 0.05) is 6.54 Å². The molecule has 0 spiro atoms. The third-order valence-electron chi connectivity index (χ3n) is 2.22. The van der Waals surface area contributed by atoms with E-state index in [4.69, 9.17) is 5.11 Å². The summed E-state index contributed by atoms with van der Waals surface area (Å²) in [4.78, 5) is 11.2. The van der Waals surface area contributed by atoms with E-state index in [2.05, 4.69) is 15.1 Å². The Balaban J connectivity index is 2.68. The molecule has 0 radical (unpaired) electrons. The third-order valence-corrected chi connectivity index (χ3v) is 2.22. The lowest BCUT2D eigenvalue weighted by molar-refractivity contribution is 0.0601. The van der Waals surface area contributed by atoms with E-state index in [0.717, 1.165) is 6.42 Å². The van der Waals surface area contributed by atoms with Gasteiger partial charge in [-0.1, -0.05) is 12.1 Å². The molecule has 1 aromatic rings. The Morgan fingerprint density at radius 2 is 2.06 bits per heavy atom. The summed E-state index contributed by atoms with van der Waals surface area (Å²) >= 11 is 0. The fourth-order valence-corrected chi connectivity index (χ4v) is 1.30. The van der Waals surface area contributed by atoms with Crippen molar-refractivity contribution < 1.29 is 14.6 Å². The van der Waals surface area contributed by atoms with Gasteiger partial charge >= 0.3 is 5.97 Å². The highest BCUT2D eigenvalue weighted by molar-refractivity contribution is 5.89. The number of aliphatic hydroxyl groups excluding tert-OH is 1. The predicted octanol–water partition coefficient (Wildman–Crippen LogP) is 2.13. The Hall–Kier alpha value is -1.95. The number of hydrogen-bond donors (Lipinski definition) is 1. The van der Waals surface area contributed by atoms with E-state index in [1.807, 2.05) is 6.92 Å². The molecule has 0 aliphatic rings. The van der Waals surface area contributed by atoms with Gasteiger partial charge in [-0.15, -0.1) is 5.11 Å². The Morgan fingerprint density at radius 3 is 2.56 bits per heavy atom. The number of methoxy groups -OCH3 is 1. The summed E-state index contributed by atoms with van der Waals surface area (Å²) in [5.41, 5.74) is 1.07. The lowest BCUT2D eigenvalue weighted by Gasteiger charge is -2.11. The van der Waals surface area contributed by atoms with Crippen LogP contribution >= 0.6 is 0 Å². The van der Waals surface area contributed by atoms with Crippen molar-refractivity contribution in [3.63, 3.8) is 0 Å².